The van der Waals surface area contributed by atoms with Crippen LogP contribution >= 0.6 is 0 Å². The Morgan fingerprint density at radius 1 is 0.339 bits per heavy atom. The Bertz CT molecular complexity index is 958. The Morgan fingerprint density at radius 2 is 0.644 bits per heavy atom. The molecule has 0 spiro atoms. The van der Waals surface area contributed by atoms with E-state index in [2.05, 4.69) is 39.0 Å². The SMILES string of the molecule is CCCCCCCC/C=C\C/C=C\CCC(=O)OCC(COC(=O)CCCCCCCCCCCCCCCC)OC(=O)CCCCCCCCCCCCCCCC. The van der Waals surface area contributed by atoms with Crippen LogP contribution in [-0.4, -0.2) is 37.2 Å². The van der Waals surface area contributed by atoms with E-state index < -0.39 is 6.10 Å². The summed E-state index contributed by atoms with van der Waals surface area (Å²) in [4.78, 5) is 37.9. The second kappa shape index (κ2) is 48.6. The minimum Gasteiger partial charge on any atom is -0.462 e. The molecule has 0 aromatic heterocycles. The van der Waals surface area contributed by atoms with Gasteiger partial charge in [-0.15, -0.1) is 0 Å². The van der Waals surface area contributed by atoms with Crippen LogP contribution in [0.4, 0.5) is 0 Å². The van der Waals surface area contributed by atoms with Crippen molar-refractivity contribution in [2.24, 2.45) is 0 Å². The zero-order valence-electron chi connectivity index (χ0n) is 39.5. The van der Waals surface area contributed by atoms with Gasteiger partial charge in [-0.25, -0.2) is 0 Å². The third kappa shape index (κ3) is 46.8. The molecule has 0 radical (unpaired) electrons. The predicted octanol–water partition coefficient (Wildman–Crippen LogP) is 16.8. The number of hydrogen-bond acceptors (Lipinski definition) is 6. The molecule has 0 aliphatic carbocycles. The minimum atomic E-state index is -0.786. The van der Waals surface area contributed by atoms with Crippen molar-refractivity contribution in [2.75, 3.05) is 13.2 Å². The number of hydrogen-bond donors (Lipinski definition) is 0. The zero-order valence-corrected chi connectivity index (χ0v) is 39.5. The second-order valence-corrected chi connectivity index (χ2v) is 17.4. The average molecular weight is 831 g/mol. The fraction of sp³-hybridized carbons (Fsp3) is 0.868. The lowest BCUT2D eigenvalue weighted by molar-refractivity contribution is -0.166. The van der Waals surface area contributed by atoms with E-state index in [1.54, 1.807) is 0 Å². The molecular formula is C53H98O6. The Hall–Kier alpha value is -2.11. The van der Waals surface area contributed by atoms with E-state index in [1.165, 1.54) is 180 Å². The molecular weight excluding hydrogens is 733 g/mol. The minimum absolute atomic E-state index is 0.0832. The Kier molecular flexibility index (Phi) is 46.8. The van der Waals surface area contributed by atoms with Crippen LogP contribution in [0.2, 0.25) is 0 Å². The topological polar surface area (TPSA) is 78.9 Å². The quantitative estimate of drug-likeness (QED) is 0.0263. The fourth-order valence-electron chi connectivity index (χ4n) is 7.56. The van der Waals surface area contributed by atoms with Crippen molar-refractivity contribution in [2.45, 2.75) is 284 Å². The van der Waals surface area contributed by atoms with Crippen LogP contribution in [0.1, 0.15) is 278 Å². The highest BCUT2D eigenvalue weighted by Crippen LogP contribution is 2.16. The average Bonchev–Trinajstić information content (AvgIpc) is 3.23. The largest absolute Gasteiger partial charge is 0.462 e. The summed E-state index contributed by atoms with van der Waals surface area (Å²) in [5.41, 5.74) is 0. The molecule has 1 atom stereocenters. The number of ether oxygens (including phenoxy) is 3. The first-order valence-electron chi connectivity index (χ1n) is 25.8. The van der Waals surface area contributed by atoms with Crippen LogP contribution < -0.4 is 0 Å². The van der Waals surface area contributed by atoms with E-state index >= 15 is 0 Å². The summed E-state index contributed by atoms with van der Waals surface area (Å²) in [7, 11) is 0. The normalized spacial score (nSPS) is 12.1. The van der Waals surface area contributed by atoms with Crippen LogP contribution in [0, 0.1) is 0 Å². The molecule has 0 heterocycles. The maximum Gasteiger partial charge on any atom is 0.306 e. The number of esters is 3. The van der Waals surface area contributed by atoms with Gasteiger partial charge in [-0.05, 0) is 38.5 Å². The highest BCUT2D eigenvalue weighted by molar-refractivity contribution is 5.71. The Morgan fingerprint density at radius 3 is 1.03 bits per heavy atom. The van der Waals surface area contributed by atoms with Crippen LogP contribution in [0.3, 0.4) is 0 Å². The van der Waals surface area contributed by atoms with Gasteiger partial charge in [-0.2, -0.15) is 0 Å². The molecule has 346 valence electrons. The van der Waals surface area contributed by atoms with Crippen molar-refractivity contribution >= 4 is 17.9 Å². The molecule has 0 aliphatic heterocycles. The van der Waals surface area contributed by atoms with Gasteiger partial charge in [0, 0.05) is 19.3 Å². The van der Waals surface area contributed by atoms with Gasteiger partial charge in [0.2, 0.25) is 0 Å². The molecule has 0 amide bonds. The third-order valence-corrected chi connectivity index (χ3v) is 11.5. The molecule has 0 N–H and O–H groups in total. The summed E-state index contributed by atoms with van der Waals surface area (Å²) in [6, 6.07) is 0. The fourth-order valence-corrected chi connectivity index (χ4v) is 7.56. The van der Waals surface area contributed by atoms with Crippen molar-refractivity contribution < 1.29 is 28.6 Å². The number of carbonyl (C=O) groups is 3. The zero-order chi connectivity index (χ0) is 43.0. The lowest BCUT2D eigenvalue weighted by Gasteiger charge is -2.18. The van der Waals surface area contributed by atoms with Crippen LogP contribution in [0.15, 0.2) is 24.3 Å². The first-order valence-corrected chi connectivity index (χ1v) is 25.8. The van der Waals surface area contributed by atoms with E-state index in [0.29, 0.717) is 19.3 Å². The summed E-state index contributed by atoms with van der Waals surface area (Å²) < 4.78 is 16.7. The maximum atomic E-state index is 12.8. The summed E-state index contributed by atoms with van der Waals surface area (Å²) in [5.74, 6) is -0.940. The molecule has 6 nitrogen and oxygen atoms in total. The molecule has 1 unspecified atom stereocenters. The monoisotopic (exact) mass is 831 g/mol. The molecule has 0 saturated heterocycles. The first-order chi connectivity index (χ1) is 29.0. The van der Waals surface area contributed by atoms with E-state index in [4.69, 9.17) is 14.2 Å². The number of unbranched alkanes of at least 4 members (excludes halogenated alkanes) is 32. The maximum absolute atomic E-state index is 12.8. The molecule has 6 heteroatoms. The van der Waals surface area contributed by atoms with Crippen molar-refractivity contribution in [3.63, 3.8) is 0 Å². The molecule has 0 fully saturated rings. The van der Waals surface area contributed by atoms with Crippen LogP contribution in [-0.2, 0) is 28.6 Å². The second-order valence-electron chi connectivity index (χ2n) is 17.4. The van der Waals surface area contributed by atoms with Crippen molar-refractivity contribution in [1.82, 2.24) is 0 Å². The highest BCUT2D eigenvalue weighted by Gasteiger charge is 2.19. The van der Waals surface area contributed by atoms with E-state index in [0.717, 1.165) is 51.4 Å². The number of rotatable bonds is 47. The standard InChI is InChI=1S/C53H98O6/c1-4-7-10-13-16-19-22-25-28-31-34-37-40-43-46-52(55)58-49-50(48-57-51(54)45-42-39-36-33-30-27-24-21-18-15-12-9-6-3)59-53(56)47-44-41-38-35-32-29-26-23-20-17-14-11-8-5-2/h27,30,36,39,50H,4-26,28-29,31-35,37-38,40-49H2,1-3H3/b30-27-,39-36-. The molecule has 0 aliphatic rings. The van der Waals surface area contributed by atoms with Crippen LogP contribution in [0.5, 0.6) is 0 Å². The van der Waals surface area contributed by atoms with Gasteiger partial charge >= 0.3 is 17.9 Å². The molecule has 0 bridgehead atoms. The molecule has 0 rings (SSSR count). The summed E-state index contributed by atoms with van der Waals surface area (Å²) in [6.45, 7) is 6.61. The van der Waals surface area contributed by atoms with E-state index in [9.17, 15) is 14.4 Å². The van der Waals surface area contributed by atoms with Crippen molar-refractivity contribution in [3.05, 3.63) is 24.3 Å². The lowest BCUT2D eigenvalue weighted by Crippen LogP contribution is -2.30. The summed E-state index contributed by atoms with van der Waals surface area (Å²) in [6.07, 6.45) is 54.6. The summed E-state index contributed by atoms with van der Waals surface area (Å²) >= 11 is 0. The third-order valence-electron chi connectivity index (χ3n) is 11.5. The smallest absolute Gasteiger partial charge is 0.306 e. The van der Waals surface area contributed by atoms with E-state index in [1.807, 2.05) is 6.08 Å². The predicted molar refractivity (Wildman–Crippen MR) is 252 cm³/mol. The molecule has 0 aromatic carbocycles. The molecule has 0 saturated carbocycles. The highest BCUT2D eigenvalue weighted by atomic mass is 16.6. The number of allylic oxidation sites excluding steroid dienone is 4. The molecule has 59 heavy (non-hydrogen) atoms. The summed E-state index contributed by atoms with van der Waals surface area (Å²) in [5, 5.41) is 0. The van der Waals surface area contributed by atoms with Gasteiger partial charge in [-0.3, -0.25) is 14.4 Å². The lowest BCUT2D eigenvalue weighted by atomic mass is 10.0. The van der Waals surface area contributed by atoms with Gasteiger partial charge < -0.3 is 14.2 Å². The van der Waals surface area contributed by atoms with Gasteiger partial charge in [-0.1, -0.05) is 244 Å². The Labute approximate surface area is 366 Å². The Balaban J connectivity index is 4.39. The van der Waals surface area contributed by atoms with Gasteiger partial charge in [0.25, 0.3) is 0 Å². The van der Waals surface area contributed by atoms with Gasteiger partial charge in [0.05, 0.1) is 0 Å². The van der Waals surface area contributed by atoms with E-state index in [-0.39, 0.29) is 37.5 Å². The van der Waals surface area contributed by atoms with Crippen molar-refractivity contribution in [3.8, 4) is 0 Å². The van der Waals surface area contributed by atoms with Crippen LogP contribution in [0.25, 0.3) is 0 Å². The first kappa shape index (κ1) is 56.9. The van der Waals surface area contributed by atoms with Gasteiger partial charge in [0.15, 0.2) is 6.10 Å². The van der Waals surface area contributed by atoms with Crippen molar-refractivity contribution in [1.29, 1.82) is 0 Å². The van der Waals surface area contributed by atoms with Gasteiger partial charge in [0.1, 0.15) is 13.2 Å². The molecule has 0 aromatic rings. The number of carbonyl (C=O) groups excluding carboxylic acids is 3.